The number of carbonyl (C=O) groups is 2. The molecule has 2 aliphatic rings. The van der Waals surface area contributed by atoms with E-state index in [0.717, 1.165) is 43.6 Å². The Morgan fingerprint density at radius 3 is 2.46 bits per heavy atom. The van der Waals surface area contributed by atoms with Crippen molar-refractivity contribution < 1.29 is 19.1 Å². The van der Waals surface area contributed by atoms with E-state index in [4.69, 9.17) is 14.5 Å². The Hall–Kier alpha value is -3.56. The van der Waals surface area contributed by atoms with Gasteiger partial charge >= 0.3 is 0 Å². The van der Waals surface area contributed by atoms with E-state index < -0.39 is 5.60 Å². The Kier molecular flexibility index (Phi) is 8.82. The Balaban J connectivity index is 1.61. The molecule has 1 aliphatic heterocycles. The van der Waals surface area contributed by atoms with Crippen LogP contribution in [-0.4, -0.2) is 78.0 Å². The van der Waals surface area contributed by atoms with Crippen LogP contribution in [-0.2, 0) is 9.59 Å². The van der Waals surface area contributed by atoms with E-state index in [1.54, 1.807) is 27.0 Å². The average molecular weight is 539 g/mol. The molecule has 1 aromatic heterocycles. The summed E-state index contributed by atoms with van der Waals surface area (Å²) in [6.45, 7) is 12.0. The summed E-state index contributed by atoms with van der Waals surface area (Å²) in [6, 6.07) is 6.42. The predicted molar refractivity (Wildman–Crippen MR) is 153 cm³/mol. The third kappa shape index (κ3) is 7.10. The maximum atomic E-state index is 11.7. The molecule has 1 aromatic carbocycles. The number of amides is 1. The highest BCUT2D eigenvalue weighted by atomic mass is 16.5. The van der Waals surface area contributed by atoms with Crippen LogP contribution in [0, 0.1) is 0 Å². The highest BCUT2D eigenvalue weighted by Crippen LogP contribution is 2.36. The summed E-state index contributed by atoms with van der Waals surface area (Å²) in [5, 5.41) is 3.35. The van der Waals surface area contributed by atoms with Gasteiger partial charge in [0.15, 0.2) is 23.5 Å². The minimum Gasteiger partial charge on any atom is -0.489 e. The molecule has 1 amide bonds. The molecule has 1 saturated carbocycles. The van der Waals surface area contributed by atoms with Crippen LogP contribution in [0.2, 0.25) is 0 Å². The first-order valence-electron chi connectivity index (χ1n) is 13.9. The van der Waals surface area contributed by atoms with Crippen LogP contribution >= 0.6 is 0 Å². The summed E-state index contributed by atoms with van der Waals surface area (Å²) >= 11 is 0. The molecule has 0 unspecified atom stereocenters. The van der Waals surface area contributed by atoms with Gasteiger partial charge < -0.3 is 29.5 Å². The van der Waals surface area contributed by atoms with Crippen LogP contribution in [0.25, 0.3) is 0 Å². The van der Waals surface area contributed by atoms with Gasteiger partial charge in [-0.15, -0.1) is 0 Å². The molecular weight excluding hydrogens is 496 g/mol. The number of ether oxygens (including phenoxy) is 2. The summed E-state index contributed by atoms with van der Waals surface area (Å²) in [5.41, 5.74) is 0.807. The van der Waals surface area contributed by atoms with Gasteiger partial charge in [0.25, 0.3) is 0 Å². The Labute approximate surface area is 231 Å². The number of anilines is 4. The molecule has 2 aromatic rings. The van der Waals surface area contributed by atoms with Crippen molar-refractivity contribution in [3.63, 3.8) is 0 Å². The third-order valence-corrected chi connectivity index (χ3v) is 7.26. The van der Waals surface area contributed by atoms with Crippen LogP contribution in [0.15, 0.2) is 24.4 Å². The van der Waals surface area contributed by atoms with Crippen LogP contribution in [0.5, 0.6) is 11.5 Å². The van der Waals surface area contributed by atoms with E-state index in [0.29, 0.717) is 42.4 Å². The quantitative estimate of drug-likeness (QED) is 0.441. The number of aromatic nitrogens is 2. The molecule has 1 N–H and O–H groups in total. The SMILES string of the molecule is CC(=O)N1CCN(c2ccc(Nc3ncc(OC(C)(C)C=O)c(N(C)C4CCCC4)n3)c(OC(C)C)c2)CC1. The van der Waals surface area contributed by atoms with Gasteiger partial charge in [-0.2, -0.15) is 4.98 Å². The minimum atomic E-state index is -0.992. The molecule has 0 bridgehead atoms. The lowest BCUT2D eigenvalue weighted by Crippen LogP contribution is -2.48. The zero-order valence-corrected chi connectivity index (χ0v) is 24.1. The summed E-state index contributed by atoms with van der Waals surface area (Å²) in [6.07, 6.45) is 6.95. The fourth-order valence-electron chi connectivity index (χ4n) is 5.08. The predicted octanol–water partition coefficient (Wildman–Crippen LogP) is 4.41. The van der Waals surface area contributed by atoms with Crippen molar-refractivity contribution in [2.75, 3.05) is 48.3 Å². The van der Waals surface area contributed by atoms with Gasteiger partial charge in [-0.3, -0.25) is 9.59 Å². The van der Waals surface area contributed by atoms with Crippen molar-refractivity contribution in [2.45, 2.75) is 78.0 Å². The number of aldehydes is 1. The summed E-state index contributed by atoms with van der Waals surface area (Å²) in [7, 11) is 2.02. The molecule has 2 fully saturated rings. The van der Waals surface area contributed by atoms with Crippen molar-refractivity contribution >= 4 is 35.3 Å². The number of hydrogen-bond acceptors (Lipinski definition) is 9. The lowest BCUT2D eigenvalue weighted by Gasteiger charge is -2.36. The Morgan fingerprint density at radius 1 is 1.15 bits per heavy atom. The number of nitrogens with zero attached hydrogens (tertiary/aromatic N) is 5. The molecule has 0 spiro atoms. The molecule has 212 valence electrons. The van der Waals surface area contributed by atoms with Gasteiger partial charge in [-0.1, -0.05) is 12.8 Å². The van der Waals surface area contributed by atoms with Gasteiger partial charge in [-0.25, -0.2) is 4.98 Å². The van der Waals surface area contributed by atoms with Crippen molar-refractivity contribution in [1.29, 1.82) is 0 Å². The van der Waals surface area contributed by atoms with Gasteiger partial charge in [-0.05, 0) is 52.7 Å². The molecule has 39 heavy (non-hydrogen) atoms. The molecule has 10 heteroatoms. The fourth-order valence-corrected chi connectivity index (χ4v) is 5.08. The highest BCUT2D eigenvalue weighted by Gasteiger charge is 2.28. The normalized spacial score (nSPS) is 16.4. The second-order valence-corrected chi connectivity index (χ2v) is 11.2. The van der Waals surface area contributed by atoms with E-state index in [2.05, 4.69) is 26.2 Å². The molecule has 0 atom stereocenters. The monoisotopic (exact) mass is 538 g/mol. The van der Waals surface area contributed by atoms with Crippen LogP contribution < -0.4 is 24.6 Å². The van der Waals surface area contributed by atoms with Crippen molar-refractivity contribution in [1.82, 2.24) is 14.9 Å². The molecule has 1 saturated heterocycles. The third-order valence-electron chi connectivity index (χ3n) is 7.26. The van der Waals surface area contributed by atoms with E-state index in [-0.39, 0.29) is 12.0 Å². The van der Waals surface area contributed by atoms with Crippen molar-refractivity contribution in [3.8, 4) is 11.5 Å². The molecule has 4 rings (SSSR count). The summed E-state index contributed by atoms with van der Waals surface area (Å²) < 4.78 is 12.2. The molecule has 1 aliphatic carbocycles. The first kappa shape index (κ1) is 28.4. The topological polar surface area (TPSA) is 100 Å². The molecular formula is C29H42N6O4. The Bertz CT molecular complexity index is 1160. The van der Waals surface area contributed by atoms with Gasteiger partial charge in [0, 0.05) is 57.9 Å². The lowest BCUT2D eigenvalue weighted by atomic mass is 10.2. The second-order valence-electron chi connectivity index (χ2n) is 11.2. The standard InChI is InChI=1S/C29H42N6O4/c1-20(2)38-25-17-23(35-15-13-34(14-16-35)21(3)37)11-12-24(25)31-28-30-18-26(39-29(4,5)19-36)27(32-28)33(6)22-9-7-8-10-22/h11-12,17-20,22H,7-10,13-16H2,1-6H3,(H,30,31,32). The van der Waals surface area contributed by atoms with E-state index in [9.17, 15) is 9.59 Å². The van der Waals surface area contributed by atoms with Crippen LogP contribution in [0.1, 0.15) is 60.3 Å². The van der Waals surface area contributed by atoms with Crippen molar-refractivity contribution in [2.24, 2.45) is 0 Å². The van der Waals surface area contributed by atoms with Crippen LogP contribution in [0.4, 0.5) is 23.1 Å². The van der Waals surface area contributed by atoms with E-state index in [1.807, 2.05) is 37.9 Å². The Morgan fingerprint density at radius 2 is 1.85 bits per heavy atom. The van der Waals surface area contributed by atoms with E-state index >= 15 is 0 Å². The van der Waals surface area contributed by atoms with E-state index in [1.165, 1.54) is 12.8 Å². The largest absolute Gasteiger partial charge is 0.489 e. The maximum Gasteiger partial charge on any atom is 0.229 e. The minimum absolute atomic E-state index is 0.0262. The average Bonchev–Trinajstić information content (AvgIpc) is 3.45. The van der Waals surface area contributed by atoms with Crippen molar-refractivity contribution in [3.05, 3.63) is 24.4 Å². The molecule has 0 radical (unpaired) electrons. The zero-order chi connectivity index (χ0) is 28.2. The fraction of sp³-hybridized carbons (Fsp3) is 0.586. The van der Waals surface area contributed by atoms with Gasteiger partial charge in [0.2, 0.25) is 11.9 Å². The number of nitrogens with one attached hydrogen (secondary N) is 1. The maximum absolute atomic E-state index is 11.7. The smallest absolute Gasteiger partial charge is 0.229 e. The first-order valence-corrected chi connectivity index (χ1v) is 13.9. The highest BCUT2D eigenvalue weighted by molar-refractivity contribution is 5.74. The number of carbonyl (C=O) groups excluding carboxylic acids is 2. The van der Waals surface area contributed by atoms with Crippen LogP contribution in [0.3, 0.4) is 0 Å². The number of benzene rings is 1. The summed E-state index contributed by atoms with van der Waals surface area (Å²) in [4.78, 5) is 38.9. The molecule has 10 nitrogen and oxygen atoms in total. The number of rotatable bonds is 10. The lowest BCUT2D eigenvalue weighted by molar-refractivity contribution is -0.129. The molecule has 2 heterocycles. The van der Waals surface area contributed by atoms with Gasteiger partial charge in [0.1, 0.15) is 5.75 Å². The second kappa shape index (κ2) is 12.1. The number of piperazine rings is 1. The first-order chi connectivity index (χ1) is 18.6. The number of hydrogen-bond donors (Lipinski definition) is 1. The van der Waals surface area contributed by atoms with Gasteiger partial charge in [0.05, 0.1) is 18.0 Å². The zero-order valence-electron chi connectivity index (χ0n) is 24.1. The summed E-state index contributed by atoms with van der Waals surface area (Å²) in [5.74, 6) is 2.37.